The van der Waals surface area contributed by atoms with Gasteiger partial charge in [-0.2, -0.15) is 0 Å². The topological polar surface area (TPSA) is 52.1 Å². The average molecular weight is 322 g/mol. The summed E-state index contributed by atoms with van der Waals surface area (Å²) in [6, 6.07) is 5.25. The molecule has 5 nitrogen and oxygen atoms in total. The highest BCUT2D eigenvalue weighted by atomic mass is 19.1. The van der Waals surface area contributed by atoms with Crippen LogP contribution in [0.2, 0.25) is 0 Å². The number of hydrogen-bond donors (Lipinski definition) is 1. The number of nitrogens with zero attached hydrogens (tertiary/aromatic N) is 1. The lowest BCUT2D eigenvalue weighted by Gasteiger charge is -2.20. The molecule has 6 heteroatoms. The van der Waals surface area contributed by atoms with E-state index in [0.29, 0.717) is 18.4 Å². The van der Waals surface area contributed by atoms with Crippen LogP contribution < -0.4 is 10.1 Å². The van der Waals surface area contributed by atoms with Crippen LogP contribution in [0, 0.1) is 11.7 Å². The SMILES string of the molecule is COc1ccc(C2=NOC(CNC(C)C3CCOC3)C2)cc1F. The first kappa shape index (κ1) is 16.2. The van der Waals surface area contributed by atoms with Crippen LogP contribution in [0.3, 0.4) is 0 Å². The second-order valence-electron chi connectivity index (χ2n) is 6.14. The summed E-state index contributed by atoms with van der Waals surface area (Å²) >= 11 is 0. The van der Waals surface area contributed by atoms with Crippen LogP contribution in [0.4, 0.5) is 4.39 Å². The van der Waals surface area contributed by atoms with Crippen molar-refractivity contribution in [3.63, 3.8) is 0 Å². The van der Waals surface area contributed by atoms with Crippen molar-refractivity contribution in [2.75, 3.05) is 26.9 Å². The van der Waals surface area contributed by atoms with E-state index in [9.17, 15) is 4.39 Å². The lowest BCUT2D eigenvalue weighted by Crippen LogP contribution is -2.38. The summed E-state index contributed by atoms with van der Waals surface area (Å²) in [4.78, 5) is 5.47. The van der Waals surface area contributed by atoms with E-state index in [1.165, 1.54) is 13.2 Å². The Morgan fingerprint density at radius 3 is 3.04 bits per heavy atom. The molecule has 1 saturated heterocycles. The van der Waals surface area contributed by atoms with Crippen LogP contribution in [-0.4, -0.2) is 44.7 Å². The number of hydrogen-bond acceptors (Lipinski definition) is 5. The summed E-state index contributed by atoms with van der Waals surface area (Å²) in [5, 5.41) is 7.60. The van der Waals surface area contributed by atoms with E-state index in [2.05, 4.69) is 17.4 Å². The van der Waals surface area contributed by atoms with Gasteiger partial charge < -0.3 is 19.6 Å². The molecule has 0 bridgehead atoms. The van der Waals surface area contributed by atoms with Gasteiger partial charge in [0, 0.05) is 31.2 Å². The predicted octanol–water partition coefficient (Wildman–Crippen LogP) is 2.34. The van der Waals surface area contributed by atoms with E-state index in [4.69, 9.17) is 14.3 Å². The molecule has 1 fully saturated rings. The van der Waals surface area contributed by atoms with Crippen LogP contribution in [-0.2, 0) is 9.57 Å². The molecule has 0 aromatic heterocycles. The average Bonchev–Trinajstić information content (AvgIpc) is 3.24. The number of ether oxygens (including phenoxy) is 2. The molecule has 0 spiro atoms. The van der Waals surface area contributed by atoms with Crippen molar-refractivity contribution < 1.29 is 18.7 Å². The smallest absolute Gasteiger partial charge is 0.165 e. The molecule has 3 rings (SSSR count). The summed E-state index contributed by atoms with van der Waals surface area (Å²) in [7, 11) is 1.45. The molecule has 0 aliphatic carbocycles. The van der Waals surface area contributed by atoms with Crippen molar-refractivity contribution in [2.45, 2.75) is 31.9 Å². The first-order chi connectivity index (χ1) is 11.2. The van der Waals surface area contributed by atoms with Crippen LogP contribution in [0.1, 0.15) is 25.3 Å². The minimum Gasteiger partial charge on any atom is -0.494 e. The molecule has 3 unspecified atom stereocenters. The van der Waals surface area contributed by atoms with Crippen molar-refractivity contribution in [1.29, 1.82) is 0 Å². The summed E-state index contributed by atoms with van der Waals surface area (Å²) in [5.74, 6) is 0.413. The van der Waals surface area contributed by atoms with E-state index in [1.54, 1.807) is 12.1 Å². The zero-order valence-corrected chi connectivity index (χ0v) is 13.5. The number of benzene rings is 1. The molecule has 0 amide bonds. The van der Waals surface area contributed by atoms with Crippen LogP contribution in [0.25, 0.3) is 0 Å². The maximum Gasteiger partial charge on any atom is 0.165 e. The Bertz CT molecular complexity index is 573. The zero-order chi connectivity index (χ0) is 16.2. The minimum atomic E-state index is -0.385. The third kappa shape index (κ3) is 3.82. The van der Waals surface area contributed by atoms with E-state index >= 15 is 0 Å². The first-order valence-corrected chi connectivity index (χ1v) is 8.05. The first-order valence-electron chi connectivity index (χ1n) is 8.05. The van der Waals surface area contributed by atoms with Crippen LogP contribution in [0.15, 0.2) is 23.4 Å². The molecular weight excluding hydrogens is 299 g/mol. The standard InChI is InChI=1S/C17H23FN2O3/c1-11(13-5-6-22-10-13)19-9-14-8-16(20-23-14)12-3-4-17(21-2)15(18)7-12/h3-4,7,11,13-14,19H,5-6,8-10H2,1-2H3. The Kier molecular flexibility index (Phi) is 5.13. The van der Waals surface area contributed by atoms with Crippen molar-refractivity contribution in [2.24, 2.45) is 11.1 Å². The Morgan fingerprint density at radius 1 is 1.48 bits per heavy atom. The van der Waals surface area contributed by atoms with Crippen molar-refractivity contribution in [1.82, 2.24) is 5.32 Å². The van der Waals surface area contributed by atoms with Gasteiger partial charge in [0.2, 0.25) is 0 Å². The summed E-state index contributed by atoms with van der Waals surface area (Å²) in [6.45, 7) is 4.58. The minimum absolute atomic E-state index is 0.0139. The number of oxime groups is 1. The number of rotatable bonds is 6. The Balaban J connectivity index is 1.50. The largest absolute Gasteiger partial charge is 0.494 e. The normalized spacial score (nSPS) is 25.1. The molecule has 23 heavy (non-hydrogen) atoms. The maximum absolute atomic E-state index is 13.8. The molecular formula is C17H23FN2O3. The van der Waals surface area contributed by atoms with Gasteiger partial charge in [-0.15, -0.1) is 0 Å². The van der Waals surface area contributed by atoms with Gasteiger partial charge in [-0.25, -0.2) is 4.39 Å². The van der Waals surface area contributed by atoms with Crippen LogP contribution in [0.5, 0.6) is 5.75 Å². The molecule has 0 saturated carbocycles. The number of nitrogens with one attached hydrogen (secondary N) is 1. The van der Waals surface area contributed by atoms with Crippen molar-refractivity contribution >= 4 is 5.71 Å². The Hall–Kier alpha value is -1.66. The summed E-state index contributed by atoms with van der Waals surface area (Å²) in [6.07, 6.45) is 1.76. The maximum atomic E-state index is 13.8. The van der Waals surface area contributed by atoms with E-state index < -0.39 is 0 Å². The van der Waals surface area contributed by atoms with Crippen molar-refractivity contribution in [3.05, 3.63) is 29.6 Å². The number of halogens is 1. The molecule has 2 aliphatic rings. The lowest BCUT2D eigenvalue weighted by molar-refractivity contribution is 0.0806. The fraction of sp³-hybridized carbons (Fsp3) is 0.588. The van der Waals surface area contributed by atoms with E-state index in [0.717, 1.165) is 37.5 Å². The monoisotopic (exact) mass is 322 g/mol. The Morgan fingerprint density at radius 2 is 2.35 bits per heavy atom. The molecule has 0 radical (unpaired) electrons. The molecule has 3 atom stereocenters. The lowest BCUT2D eigenvalue weighted by atomic mass is 10.00. The Labute approximate surface area is 135 Å². The fourth-order valence-corrected chi connectivity index (χ4v) is 2.99. The molecule has 1 N–H and O–H groups in total. The van der Waals surface area contributed by atoms with Gasteiger partial charge >= 0.3 is 0 Å². The van der Waals surface area contributed by atoms with Crippen molar-refractivity contribution in [3.8, 4) is 5.75 Å². The molecule has 126 valence electrons. The molecule has 1 aromatic carbocycles. The van der Waals surface area contributed by atoms with Gasteiger partial charge in [-0.1, -0.05) is 5.16 Å². The van der Waals surface area contributed by atoms with Gasteiger partial charge in [0.05, 0.1) is 19.4 Å². The molecule has 2 heterocycles. The van der Waals surface area contributed by atoms with Gasteiger partial charge in [-0.3, -0.25) is 0 Å². The second kappa shape index (κ2) is 7.27. The second-order valence-corrected chi connectivity index (χ2v) is 6.14. The van der Waals surface area contributed by atoms with Gasteiger partial charge in [0.1, 0.15) is 6.10 Å². The fourth-order valence-electron chi connectivity index (χ4n) is 2.99. The number of methoxy groups -OCH3 is 1. The third-order valence-electron chi connectivity index (χ3n) is 4.56. The van der Waals surface area contributed by atoms with Gasteiger partial charge in [0.25, 0.3) is 0 Å². The predicted molar refractivity (Wildman–Crippen MR) is 85.4 cm³/mol. The van der Waals surface area contributed by atoms with Gasteiger partial charge in [-0.05, 0) is 37.5 Å². The highest BCUT2D eigenvalue weighted by Crippen LogP contribution is 2.22. The van der Waals surface area contributed by atoms with Gasteiger partial charge in [0.15, 0.2) is 11.6 Å². The summed E-state index contributed by atoms with van der Waals surface area (Å²) in [5.41, 5.74) is 1.51. The quantitative estimate of drug-likeness (QED) is 0.873. The highest BCUT2D eigenvalue weighted by Gasteiger charge is 2.26. The van der Waals surface area contributed by atoms with Crippen LogP contribution >= 0.6 is 0 Å². The third-order valence-corrected chi connectivity index (χ3v) is 4.56. The van der Waals surface area contributed by atoms with E-state index in [-0.39, 0.29) is 17.7 Å². The molecule has 1 aromatic rings. The van der Waals surface area contributed by atoms with E-state index in [1.807, 2.05) is 0 Å². The highest BCUT2D eigenvalue weighted by molar-refractivity contribution is 6.01. The molecule has 2 aliphatic heterocycles. The zero-order valence-electron chi connectivity index (χ0n) is 13.5. The summed E-state index contributed by atoms with van der Waals surface area (Å²) < 4.78 is 24.1.